The van der Waals surface area contributed by atoms with Crippen LogP contribution in [0.3, 0.4) is 0 Å². The Bertz CT molecular complexity index is 697. The molecule has 0 aliphatic rings. The minimum Gasteiger partial charge on any atom is -0.489 e. The van der Waals surface area contributed by atoms with E-state index in [0.717, 1.165) is 26.8 Å². The van der Waals surface area contributed by atoms with Crippen molar-refractivity contribution in [3.05, 3.63) is 70.8 Å². The summed E-state index contributed by atoms with van der Waals surface area (Å²) in [6.07, 6.45) is 0. The van der Waals surface area contributed by atoms with E-state index in [0.29, 0.717) is 6.61 Å². The second kappa shape index (κ2) is 5.41. The summed E-state index contributed by atoms with van der Waals surface area (Å²) >= 11 is 3.38. The molecule has 0 saturated carbocycles. The van der Waals surface area contributed by atoms with Gasteiger partial charge in [-0.05, 0) is 39.7 Å². The smallest absolute Gasteiger partial charge is 0.122 e. The van der Waals surface area contributed by atoms with Crippen LogP contribution in [-0.4, -0.2) is 4.98 Å². The van der Waals surface area contributed by atoms with E-state index >= 15 is 0 Å². The van der Waals surface area contributed by atoms with Crippen molar-refractivity contribution in [2.75, 3.05) is 0 Å². The molecule has 0 unspecified atom stereocenters. The molecule has 0 radical (unpaired) electrons. The number of benzene rings is 2. The maximum atomic E-state index is 5.78. The molecular weight excluding hydrogens is 302 g/mol. The van der Waals surface area contributed by atoms with Crippen molar-refractivity contribution in [3.8, 4) is 5.75 Å². The second-order valence-electron chi connectivity index (χ2n) is 4.26. The zero-order chi connectivity index (χ0) is 13.1. The third kappa shape index (κ3) is 2.93. The van der Waals surface area contributed by atoms with Crippen LogP contribution in [0.2, 0.25) is 0 Å². The van der Waals surface area contributed by atoms with Crippen LogP contribution in [0.15, 0.2) is 65.3 Å². The van der Waals surface area contributed by atoms with Crippen LogP contribution in [-0.2, 0) is 6.61 Å². The molecule has 2 nitrogen and oxygen atoms in total. The normalized spacial score (nSPS) is 10.6. The third-order valence-electron chi connectivity index (χ3n) is 2.88. The number of aromatic nitrogens is 1. The summed E-state index contributed by atoms with van der Waals surface area (Å²) in [7, 11) is 0. The van der Waals surface area contributed by atoms with Gasteiger partial charge in [-0.1, -0.05) is 36.4 Å². The van der Waals surface area contributed by atoms with Gasteiger partial charge in [0.25, 0.3) is 0 Å². The van der Waals surface area contributed by atoms with Gasteiger partial charge in [-0.25, -0.2) is 4.98 Å². The first-order valence-corrected chi connectivity index (χ1v) is 6.83. The first-order valence-electron chi connectivity index (χ1n) is 6.04. The van der Waals surface area contributed by atoms with Crippen molar-refractivity contribution in [3.63, 3.8) is 0 Å². The molecule has 1 aromatic heterocycles. The molecule has 0 saturated heterocycles. The number of ether oxygens (including phenoxy) is 1. The van der Waals surface area contributed by atoms with E-state index in [9.17, 15) is 0 Å². The molecule has 3 aromatic rings. The summed E-state index contributed by atoms with van der Waals surface area (Å²) in [6, 6.07) is 20.1. The zero-order valence-corrected chi connectivity index (χ0v) is 11.8. The van der Waals surface area contributed by atoms with Gasteiger partial charge in [-0.3, -0.25) is 0 Å². The third-order valence-corrected chi connectivity index (χ3v) is 3.32. The SMILES string of the molecule is Brc1ccc2ccc(OCc3ccccc3)cc2n1. The Labute approximate surface area is 120 Å². The van der Waals surface area contributed by atoms with Crippen LogP contribution in [0.1, 0.15) is 5.56 Å². The highest BCUT2D eigenvalue weighted by Crippen LogP contribution is 2.22. The van der Waals surface area contributed by atoms with Gasteiger partial charge in [-0.2, -0.15) is 0 Å². The van der Waals surface area contributed by atoms with Crippen molar-refractivity contribution in [1.82, 2.24) is 4.98 Å². The molecule has 3 heteroatoms. The van der Waals surface area contributed by atoms with Crippen molar-refractivity contribution >= 4 is 26.8 Å². The van der Waals surface area contributed by atoms with E-state index in [2.05, 4.69) is 33.0 Å². The van der Waals surface area contributed by atoms with Crippen molar-refractivity contribution in [2.45, 2.75) is 6.61 Å². The minimum absolute atomic E-state index is 0.570. The molecule has 0 bridgehead atoms. The number of rotatable bonds is 3. The van der Waals surface area contributed by atoms with E-state index in [4.69, 9.17) is 4.74 Å². The van der Waals surface area contributed by atoms with Gasteiger partial charge in [-0.15, -0.1) is 0 Å². The highest BCUT2D eigenvalue weighted by molar-refractivity contribution is 9.10. The minimum atomic E-state index is 0.570. The Balaban J connectivity index is 1.81. The average Bonchev–Trinajstić information content (AvgIpc) is 2.46. The molecule has 0 N–H and O–H groups in total. The van der Waals surface area contributed by atoms with Crippen LogP contribution in [0.5, 0.6) is 5.75 Å². The van der Waals surface area contributed by atoms with Crippen molar-refractivity contribution in [2.24, 2.45) is 0 Å². The summed E-state index contributed by atoms with van der Waals surface area (Å²) in [5, 5.41) is 1.11. The molecule has 2 aromatic carbocycles. The molecule has 3 rings (SSSR count). The van der Waals surface area contributed by atoms with Gasteiger partial charge in [0.2, 0.25) is 0 Å². The molecule has 94 valence electrons. The number of halogens is 1. The number of hydrogen-bond donors (Lipinski definition) is 0. The Kier molecular flexibility index (Phi) is 3.47. The summed E-state index contributed by atoms with van der Waals surface area (Å²) in [5.74, 6) is 0.835. The Hall–Kier alpha value is -1.87. The lowest BCUT2D eigenvalue weighted by Gasteiger charge is -2.07. The number of nitrogens with zero attached hydrogens (tertiary/aromatic N) is 1. The molecule has 0 amide bonds. The first kappa shape index (κ1) is 12.2. The summed E-state index contributed by atoms with van der Waals surface area (Å²) in [6.45, 7) is 0.570. The molecule has 1 heterocycles. The monoisotopic (exact) mass is 313 g/mol. The average molecular weight is 314 g/mol. The van der Waals surface area contributed by atoms with Gasteiger partial charge in [0, 0.05) is 11.5 Å². The molecule has 19 heavy (non-hydrogen) atoms. The highest BCUT2D eigenvalue weighted by atomic mass is 79.9. The second-order valence-corrected chi connectivity index (χ2v) is 5.08. The predicted octanol–water partition coefficient (Wildman–Crippen LogP) is 4.58. The fourth-order valence-corrected chi connectivity index (χ4v) is 2.23. The summed E-state index contributed by atoms with van der Waals surface area (Å²) in [4.78, 5) is 4.43. The van der Waals surface area contributed by atoms with Gasteiger partial charge in [0.05, 0.1) is 5.52 Å². The van der Waals surface area contributed by atoms with Gasteiger partial charge in [0.1, 0.15) is 17.0 Å². The van der Waals surface area contributed by atoms with E-state index in [1.54, 1.807) is 0 Å². The Morgan fingerprint density at radius 2 is 1.74 bits per heavy atom. The fourth-order valence-electron chi connectivity index (χ4n) is 1.90. The quantitative estimate of drug-likeness (QED) is 0.660. The number of fused-ring (bicyclic) bond motifs is 1. The summed E-state index contributed by atoms with van der Waals surface area (Å²) < 4.78 is 6.62. The fraction of sp³-hybridized carbons (Fsp3) is 0.0625. The predicted molar refractivity (Wildman–Crippen MR) is 80.2 cm³/mol. The van der Waals surface area contributed by atoms with Crippen molar-refractivity contribution in [1.29, 1.82) is 0 Å². The van der Waals surface area contributed by atoms with Crippen LogP contribution in [0, 0.1) is 0 Å². The zero-order valence-electron chi connectivity index (χ0n) is 10.2. The highest BCUT2D eigenvalue weighted by Gasteiger charge is 2.00. The summed E-state index contributed by atoms with van der Waals surface area (Å²) in [5.41, 5.74) is 2.09. The van der Waals surface area contributed by atoms with Gasteiger partial charge < -0.3 is 4.74 Å². The largest absolute Gasteiger partial charge is 0.489 e. The van der Waals surface area contributed by atoms with Gasteiger partial charge in [0.15, 0.2) is 0 Å². The van der Waals surface area contributed by atoms with E-state index in [1.165, 1.54) is 0 Å². The lowest BCUT2D eigenvalue weighted by atomic mass is 10.2. The standard InChI is InChI=1S/C16H12BrNO/c17-16-9-7-13-6-8-14(10-15(13)18-16)19-11-12-4-2-1-3-5-12/h1-10H,11H2. The molecule has 0 aliphatic heterocycles. The first-order chi connectivity index (χ1) is 9.31. The van der Waals surface area contributed by atoms with E-state index in [-0.39, 0.29) is 0 Å². The van der Waals surface area contributed by atoms with Crippen LogP contribution in [0.4, 0.5) is 0 Å². The molecule has 0 aliphatic carbocycles. The van der Waals surface area contributed by atoms with Crippen LogP contribution >= 0.6 is 15.9 Å². The van der Waals surface area contributed by atoms with Crippen LogP contribution in [0.25, 0.3) is 10.9 Å². The molecule has 0 spiro atoms. The maximum Gasteiger partial charge on any atom is 0.122 e. The topological polar surface area (TPSA) is 22.1 Å². The van der Waals surface area contributed by atoms with Crippen LogP contribution < -0.4 is 4.74 Å². The molecule has 0 atom stereocenters. The number of hydrogen-bond acceptors (Lipinski definition) is 2. The van der Waals surface area contributed by atoms with Gasteiger partial charge >= 0.3 is 0 Å². The number of pyridine rings is 1. The van der Waals surface area contributed by atoms with E-state index in [1.807, 2.05) is 48.5 Å². The van der Waals surface area contributed by atoms with Crippen molar-refractivity contribution < 1.29 is 4.74 Å². The lowest BCUT2D eigenvalue weighted by Crippen LogP contribution is -1.95. The molecular formula is C16H12BrNO. The molecule has 0 fully saturated rings. The maximum absolute atomic E-state index is 5.78. The lowest BCUT2D eigenvalue weighted by molar-refractivity contribution is 0.306. The Morgan fingerprint density at radius 1 is 0.947 bits per heavy atom. The Morgan fingerprint density at radius 3 is 2.58 bits per heavy atom. The van der Waals surface area contributed by atoms with E-state index < -0.39 is 0 Å².